The number of sulfone groups is 1. The lowest BCUT2D eigenvalue weighted by Gasteiger charge is -2.17. The first kappa shape index (κ1) is 19.4. The molecule has 1 N–H and O–H groups in total. The fraction of sp³-hybridized carbons (Fsp3) is 0.812. The maximum Gasteiger partial charge on any atom is 0.227 e. The van der Waals surface area contributed by atoms with Gasteiger partial charge in [0.05, 0.1) is 30.4 Å². The smallest absolute Gasteiger partial charge is 0.227 e. The molecule has 1 aromatic rings. The zero-order valence-electron chi connectivity index (χ0n) is 14.8. The van der Waals surface area contributed by atoms with Crippen molar-refractivity contribution >= 4 is 9.84 Å². The molecule has 0 bridgehead atoms. The van der Waals surface area contributed by atoms with Gasteiger partial charge in [-0.15, -0.1) is 0 Å². The van der Waals surface area contributed by atoms with Crippen molar-refractivity contribution < 1.29 is 18.3 Å². The summed E-state index contributed by atoms with van der Waals surface area (Å²) in [7, 11) is -1.81. The number of rotatable bonds is 9. The van der Waals surface area contributed by atoms with Crippen molar-refractivity contribution in [3.8, 4) is 0 Å². The van der Waals surface area contributed by atoms with Crippen LogP contribution in [0.15, 0.2) is 11.4 Å². The van der Waals surface area contributed by atoms with Gasteiger partial charge in [0.25, 0.3) is 0 Å². The summed E-state index contributed by atoms with van der Waals surface area (Å²) in [5.74, 6) is 0.434. The maximum absolute atomic E-state index is 12.6. The number of methoxy groups -OCH3 is 1. The monoisotopic (exact) mass is 359 g/mol. The number of hydrogen-bond donors (Lipinski definition) is 1. The van der Waals surface area contributed by atoms with E-state index in [0.717, 1.165) is 18.7 Å². The first-order valence-corrected chi connectivity index (χ1v) is 10.1. The number of ether oxygens (including phenoxy) is 1. The summed E-state index contributed by atoms with van der Waals surface area (Å²) < 4.78 is 32.2. The van der Waals surface area contributed by atoms with Crippen LogP contribution >= 0.6 is 0 Å². The molecule has 0 aliphatic carbocycles. The molecule has 1 aromatic heterocycles. The zero-order chi connectivity index (χ0) is 17.7. The van der Waals surface area contributed by atoms with Gasteiger partial charge >= 0.3 is 0 Å². The maximum atomic E-state index is 12.6. The Morgan fingerprint density at radius 1 is 1.46 bits per heavy atom. The van der Waals surface area contributed by atoms with Gasteiger partial charge in [0, 0.05) is 33.3 Å². The van der Waals surface area contributed by atoms with Gasteiger partial charge in [-0.05, 0) is 18.8 Å². The molecule has 0 saturated carbocycles. The molecule has 2 heterocycles. The van der Waals surface area contributed by atoms with Crippen LogP contribution in [-0.2, 0) is 27.7 Å². The Labute approximate surface area is 144 Å². The zero-order valence-corrected chi connectivity index (χ0v) is 15.6. The normalized spacial score (nSPS) is 19.5. The summed E-state index contributed by atoms with van der Waals surface area (Å²) in [6, 6.07) is 0. The van der Waals surface area contributed by atoms with Crippen molar-refractivity contribution in [2.75, 3.05) is 32.6 Å². The fourth-order valence-electron chi connectivity index (χ4n) is 2.86. The predicted molar refractivity (Wildman–Crippen MR) is 91.5 cm³/mol. The van der Waals surface area contributed by atoms with Crippen molar-refractivity contribution in [2.24, 2.45) is 5.92 Å². The summed E-state index contributed by atoms with van der Waals surface area (Å²) in [4.78, 5) is 6.33. The number of hydrogen-bond acceptors (Lipinski definition) is 6. The van der Waals surface area contributed by atoms with Crippen molar-refractivity contribution in [3.63, 3.8) is 0 Å². The fourth-order valence-corrected chi connectivity index (χ4v) is 4.58. The van der Waals surface area contributed by atoms with E-state index in [2.05, 4.69) is 9.88 Å². The van der Waals surface area contributed by atoms with Crippen LogP contribution in [0.2, 0.25) is 0 Å². The lowest BCUT2D eigenvalue weighted by atomic mass is 10.2. The molecule has 7 nitrogen and oxygen atoms in total. The number of aliphatic hydroxyl groups is 1. The second-order valence-electron chi connectivity index (χ2n) is 6.86. The van der Waals surface area contributed by atoms with Crippen LogP contribution in [-0.4, -0.2) is 66.6 Å². The third-order valence-electron chi connectivity index (χ3n) is 4.30. The van der Waals surface area contributed by atoms with Crippen molar-refractivity contribution in [3.05, 3.63) is 11.9 Å². The van der Waals surface area contributed by atoms with Crippen LogP contribution in [0.3, 0.4) is 0 Å². The molecular formula is C16H29N3O4S. The molecule has 0 radical (unpaired) electrons. The van der Waals surface area contributed by atoms with E-state index in [1.807, 2.05) is 13.8 Å². The van der Waals surface area contributed by atoms with Crippen LogP contribution < -0.4 is 0 Å². The van der Waals surface area contributed by atoms with E-state index in [9.17, 15) is 13.5 Å². The van der Waals surface area contributed by atoms with Crippen LogP contribution in [0.4, 0.5) is 0 Å². The first-order valence-electron chi connectivity index (χ1n) is 8.50. The van der Waals surface area contributed by atoms with E-state index in [1.165, 1.54) is 0 Å². The summed E-state index contributed by atoms with van der Waals surface area (Å²) in [6.07, 6.45) is 2.72. The summed E-state index contributed by atoms with van der Waals surface area (Å²) in [5, 5.41) is 9.80. The standard InChI is InChI=1S/C16H29N3O4S/c1-13(2)5-9-24(21,22)16-17-10-14(19(16)7-8-23-3)11-18-6-4-15(20)12-18/h10,13,15,20H,4-9,11-12H2,1-3H3/t15-/m0/s1. The number of likely N-dealkylation sites (tertiary alicyclic amines) is 1. The van der Waals surface area contributed by atoms with Gasteiger partial charge in [0.15, 0.2) is 0 Å². The molecule has 0 unspecified atom stereocenters. The highest BCUT2D eigenvalue weighted by Gasteiger charge is 2.26. The van der Waals surface area contributed by atoms with Crippen LogP contribution in [0.5, 0.6) is 0 Å². The quantitative estimate of drug-likeness (QED) is 0.706. The van der Waals surface area contributed by atoms with Crippen LogP contribution in [0.1, 0.15) is 32.4 Å². The molecule has 0 amide bonds. The molecule has 8 heteroatoms. The van der Waals surface area contributed by atoms with Gasteiger partial charge in [-0.1, -0.05) is 13.8 Å². The molecule has 24 heavy (non-hydrogen) atoms. The second-order valence-corrected chi connectivity index (χ2v) is 8.86. The largest absolute Gasteiger partial charge is 0.392 e. The lowest BCUT2D eigenvalue weighted by molar-refractivity contribution is 0.170. The molecule has 0 aromatic carbocycles. The van der Waals surface area contributed by atoms with Gasteiger partial charge in [0.1, 0.15) is 0 Å². The van der Waals surface area contributed by atoms with Crippen molar-refractivity contribution in [1.29, 1.82) is 0 Å². The van der Waals surface area contributed by atoms with E-state index >= 15 is 0 Å². The SMILES string of the molecule is COCCn1c(CN2CC[C@H](O)C2)cnc1S(=O)(=O)CCC(C)C. The Balaban J connectivity index is 2.21. The third-order valence-corrected chi connectivity index (χ3v) is 5.95. The van der Waals surface area contributed by atoms with Gasteiger partial charge in [-0.3, -0.25) is 4.90 Å². The van der Waals surface area contributed by atoms with Gasteiger partial charge < -0.3 is 14.4 Å². The highest BCUT2D eigenvalue weighted by Crippen LogP contribution is 2.19. The average molecular weight is 359 g/mol. The summed E-state index contributed by atoms with van der Waals surface area (Å²) in [6.45, 7) is 6.93. The number of β-amino-alcohol motifs (C(OH)–C–C–N with tert-alkyl or cyclic N) is 1. The second kappa shape index (κ2) is 8.42. The third kappa shape index (κ3) is 5.02. The average Bonchev–Trinajstić information content (AvgIpc) is 3.10. The van der Waals surface area contributed by atoms with Gasteiger partial charge in [-0.25, -0.2) is 13.4 Å². The topological polar surface area (TPSA) is 84.7 Å². The number of nitrogens with zero attached hydrogens (tertiary/aromatic N) is 3. The number of aromatic nitrogens is 2. The molecule has 0 spiro atoms. The molecular weight excluding hydrogens is 330 g/mol. The molecule has 1 saturated heterocycles. The Kier molecular flexibility index (Phi) is 6.79. The lowest BCUT2D eigenvalue weighted by Crippen LogP contribution is -2.25. The highest BCUT2D eigenvalue weighted by molar-refractivity contribution is 7.91. The Bertz CT molecular complexity index is 627. The van der Waals surface area contributed by atoms with E-state index < -0.39 is 9.84 Å². The first-order chi connectivity index (χ1) is 11.3. The number of imidazole rings is 1. The predicted octanol–water partition coefficient (Wildman–Crippen LogP) is 0.916. The minimum atomic E-state index is -3.41. The Morgan fingerprint density at radius 3 is 2.79 bits per heavy atom. The van der Waals surface area contributed by atoms with E-state index in [-0.39, 0.29) is 17.0 Å². The van der Waals surface area contributed by atoms with E-state index in [1.54, 1.807) is 17.9 Å². The minimum Gasteiger partial charge on any atom is -0.392 e. The molecule has 138 valence electrons. The molecule has 1 aliphatic heterocycles. The Hall–Kier alpha value is -0.960. The molecule has 1 atom stereocenters. The summed E-state index contributed by atoms with van der Waals surface area (Å²) in [5.41, 5.74) is 0.851. The van der Waals surface area contributed by atoms with Crippen LogP contribution in [0.25, 0.3) is 0 Å². The molecule has 2 rings (SSSR count). The van der Waals surface area contributed by atoms with E-state index in [4.69, 9.17) is 4.74 Å². The van der Waals surface area contributed by atoms with Crippen molar-refractivity contribution in [1.82, 2.24) is 14.5 Å². The van der Waals surface area contributed by atoms with Crippen molar-refractivity contribution in [2.45, 2.75) is 51.0 Å². The van der Waals surface area contributed by atoms with E-state index in [0.29, 0.717) is 38.6 Å². The highest BCUT2D eigenvalue weighted by atomic mass is 32.2. The minimum absolute atomic E-state index is 0.108. The van der Waals surface area contributed by atoms with Gasteiger partial charge in [0.2, 0.25) is 15.0 Å². The van der Waals surface area contributed by atoms with Gasteiger partial charge in [-0.2, -0.15) is 0 Å². The Morgan fingerprint density at radius 2 is 2.21 bits per heavy atom. The van der Waals surface area contributed by atoms with Crippen LogP contribution in [0, 0.1) is 5.92 Å². The summed E-state index contributed by atoms with van der Waals surface area (Å²) >= 11 is 0. The number of aliphatic hydroxyl groups excluding tert-OH is 1. The molecule has 1 fully saturated rings. The molecule has 1 aliphatic rings.